The van der Waals surface area contributed by atoms with Gasteiger partial charge >= 0.3 is 12.1 Å². The Hall–Kier alpha value is -3.64. The zero-order chi connectivity index (χ0) is 23.4. The van der Waals surface area contributed by atoms with Gasteiger partial charge in [0.25, 0.3) is 0 Å². The summed E-state index contributed by atoms with van der Waals surface area (Å²) in [7, 11) is 0. The summed E-state index contributed by atoms with van der Waals surface area (Å²) in [6.07, 6.45) is 1.07. The highest BCUT2D eigenvalue weighted by Gasteiger charge is 2.30. The van der Waals surface area contributed by atoms with E-state index < -0.39 is 17.7 Å². The fraction of sp³-hybridized carbons (Fsp3) is 0.292. The molecule has 0 radical (unpaired) electrons. The molecular formula is C24H20F3N3O3. The summed E-state index contributed by atoms with van der Waals surface area (Å²) < 4.78 is 51.6. The molecule has 4 rings (SSSR count). The number of pyridine rings is 1. The fourth-order valence-corrected chi connectivity index (χ4v) is 3.73. The summed E-state index contributed by atoms with van der Waals surface area (Å²) in [5.74, 6) is -0.716. The summed E-state index contributed by atoms with van der Waals surface area (Å²) >= 11 is 0. The van der Waals surface area contributed by atoms with Crippen LogP contribution < -0.4 is 0 Å². The Labute approximate surface area is 187 Å². The van der Waals surface area contributed by atoms with Crippen molar-refractivity contribution in [3.05, 3.63) is 71.1 Å². The third-order valence-electron chi connectivity index (χ3n) is 5.35. The second kappa shape index (κ2) is 9.46. The van der Waals surface area contributed by atoms with Crippen molar-refractivity contribution in [1.82, 2.24) is 9.55 Å². The van der Waals surface area contributed by atoms with Crippen molar-refractivity contribution in [2.75, 3.05) is 13.2 Å². The summed E-state index contributed by atoms with van der Waals surface area (Å²) in [4.78, 5) is 16.9. The second-order valence-electron chi connectivity index (χ2n) is 7.67. The minimum Gasteiger partial charge on any atom is -0.458 e. The van der Waals surface area contributed by atoms with Crippen molar-refractivity contribution in [3.63, 3.8) is 0 Å². The lowest BCUT2D eigenvalue weighted by Crippen LogP contribution is -2.26. The monoisotopic (exact) mass is 455 g/mol. The standard InChI is InChI=1S/C24H20F3N3O3/c25-24(26,27)19-4-1-3-16(11-19)14-30-15-18(21-5-2-8-29-22(21)30)12-17(13-28)23(31)33-20-6-9-32-10-7-20/h1-5,8,11-12,15,20H,6-7,9-10,14H2/b17-12+. The molecule has 0 amide bonds. The van der Waals surface area contributed by atoms with Crippen molar-refractivity contribution >= 4 is 23.1 Å². The highest BCUT2D eigenvalue weighted by atomic mass is 19.4. The molecule has 1 aliphatic heterocycles. The molecule has 0 atom stereocenters. The molecular weight excluding hydrogens is 435 g/mol. The number of benzene rings is 1. The Balaban J connectivity index is 1.64. The molecule has 3 aromatic rings. The van der Waals surface area contributed by atoms with Gasteiger partial charge in [0.1, 0.15) is 23.4 Å². The Bertz CT molecular complexity index is 1230. The molecule has 2 aromatic heterocycles. The lowest BCUT2D eigenvalue weighted by Gasteiger charge is -2.21. The Morgan fingerprint density at radius 3 is 2.79 bits per heavy atom. The number of hydrogen-bond donors (Lipinski definition) is 0. The second-order valence-corrected chi connectivity index (χ2v) is 7.67. The van der Waals surface area contributed by atoms with Crippen LogP contribution in [-0.2, 0) is 27.0 Å². The van der Waals surface area contributed by atoms with E-state index in [4.69, 9.17) is 9.47 Å². The molecule has 0 spiro atoms. The van der Waals surface area contributed by atoms with Gasteiger partial charge in [-0.3, -0.25) is 0 Å². The zero-order valence-electron chi connectivity index (χ0n) is 17.5. The molecule has 33 heavy (non-hydrogen) atoms. The average Bonchev–Trinajstić information content (AvgIpc) is 3.15. The summed E-state index contributed by atoms with van der Waals surface area (Å²) in [5.41, 5.74) is 0.625. The number of nitriles is 1. The van der Waals surface area contributed by atoms with E-state index >= 15 is 0 Å². The van der Waals surface area contributed by atoms with E-state index in [-0.39, 0.29) is 18.2 Å². The Morgan fingerprint density at radius 1 is 1.27 bits per heavy atom. The van der Waals surface area contributed by atoms with Crippen molar-refractivity contribution < 1.29 is 27.4 Å². The van der Waals surface area contributed by atoms with E-state index in [1.807, 2.05) is 6.07 Å². The normalized spacial score (nSPS) is 15.4. The number of carbonyl (C=O) groups excluding carboxylic acids is 1. The minimum absolute atomic E-state index is 0.139. The molecule has 3 heterocycles. The number of esters is 1. The zero-order valence-corrected chi connectivity index (χ0v) is 17.5. The topological polar surface area (TPSA) is 77.1 Å². The first-order valence-corrected chi connectivity index (χ1v) is 10.4. The van der Waals surface area contributed by atoms with Crippen LogP contribution in [0.15, 0.2) is 54.4 Å². The summed E-state index contributed by atoms with van der Waals surface area (Å²) in [6, 6.07) is 10.4. The molecule has 0 unspecified atom stereocenters. The number of hydrogen-bond acceptors (Lipinski definition) is 5. The predicted octanol–water partition coefficient (Wildman–Crippen LogP) is 4.73. The van der Waals surface area contributed by atoms with Crippen LogP contribution in [0, 0.1) is 11.3 Å². The molecule has 0 saturated carbocycles. The van der Waals surface area contributed by atoms with E-state index in [2.05, 4.69) is 4.98 Å². The molecule has 6 nitrogen and oxygen atoms in total. The van der Waals surface area contributed by atoms with Crippen LogP contribution in [0.3, 0.4) is 0 Å². The van der Waals surface area contributed by atoms with Gasteiger partial charge in [-0.05, 0) is 35.9 Å². The van der Waals surface area contributed by atoms with Gasteiger partial charge in [-0.2, -0.15) is 18.4 Å². The van der Waals surface area contributed by atoms with Gasteiger partial charge in [0.15, 0.2) is 0 Å². The molecule has 0 N–H and O–H groups in total. The highest BCUT2D eigenvalue weighted by Crippen LogP contribution is 2.30. The van der Waals surface area contributed by atoms with Crippen LogP contribution in [0.2, 0.25) is 0 Å². The SMILES string of the molecule is N#C/C(=C\c1cn(Cc2cccc(C(F)(F)F)c2)c2ncccc12)C(=O)OC1CCOCC1. The van der Waals surface area contributed by atoms with E-state index in [1.54, 1.807) is 35.2 Å². The maximum atomic E-state index is 13.1. The van der Waals surface area contributed by atoms with Gasteiger partial charge < -0.3 is 14.0 Å². The largest absolute Gasteiger partial charge is 0.458 e. The molecule has 0 aliphatic carbocycles. The van der Waals surface area contributed by atoms with Crippen LogP contribution in [0.25, 0.3) is 17.1 Å². The minimum atomic E-state index is -4.44. The number of carbonyl (C=O) groups is 1. The maximum absolute atomic E-state index is 13.1. The fourth-order valence-electron chi connectivity index (χ4n) is 3.73. The van der Waals surface area contributed by atoms with E-state index in [9.17, 15) is 23.2 Å². The molecule has 1 aliphatic rings. The average molecular weight is 455 g/mol. The smallest absolute Gasteiger partial charge is 0.416 e. The third-order valence-corrected chi connectivity index (χ3v) is 5.35. The molecule has 1 fully saturated rings. The van der Waals surface area contributed by atoms with Gasteiger partial charge in [-0.15, -0.1) is 0 Å². The lowest BCUT2D eigenvalue weighted by atomic mass is 10.1. The van der Waals surface area contributed by atoms with E-state index in [0.29, 0.717) is 48.2 Å². The molecule has 9 heteroatoms. The van der Waals surface area contributed by atoms with Gasteiger partial charge in [0.2, 0.25) is 0 Å². The van der Waals surface area contributed by atoms with Gasteiger partial charge in [0, 0.05) is 42.7 Å². The van der Waals surface area contributed by atoms with Crippen molar-refractivity contribution in [2.24, 2.45) is 0 Å². The van der Waals surface area contributed by atoms with Crippen LogP contribution in [-0.4, -0.2) is 34.8 Å². The number of nitrogens with zero attached hydrogens (tertiary/aromatic N) is 3. The summed E-state index contributed by atoms with van der Waals surface area (Å²) in [6.45, 7) is 1.14. The third kappa shape index (κ3) is 5.23. The number of fused-ring (bicyclic) bond motifs is 1. The first-order chi connectivity index (χ1) is 15.8. The number of ether oxygens (including phenoxy) is 2. The van der Waals surface area contributed by atoms with Crippen LogP contribution in [0.1, 0.15) is 29.5 Å². The number of aromatic nitrogens is 2. The van der Waals surface area contributed by atoms with E-state index in [0.717, 1.165) is 12.1 Å². The predicted molar refractivity (Wildman–Crippen MR) is 114 cm³/mol. The summed E-state index contributed by atoms with van der Waals surface area (Å²) in [5, 5.41) is 10.2. The molecule has 1 saturated heterocycles. The quantitative estimate of drug-likeness (QED) is 0.316. The van der Waals surface area contributed by atoms with Crippen LogP contribution in [0.5, 0.6) is 0 Å². The highest BCUT2D eigenvalue weighted by molar-refractivity contribution is 6.00. The number of halogens is 3. The van der Waals surface area contributed by atoms with Crippen LogP contribution >= 0.6 is 0 Å². The van der Waals surface area contributed by atoms with Crippen molar-refractivity contribution in [3.8, 4) is 6.07 Å². The van der Waals surface area contributed by atoms with Crippen LogP contribution in [0.4, 0.5) is 13.2 Å². The van der Waals surface area contributed by atoms with Gasteiger partial charge in [0.05, 0.1) is 18.8 Å². The maximum Gasteiger partial charge on any atom is 0.416 e. The number of alkyl halides is 3. The van der Waals surface area contributed by atoms with E-state index in [1.165, 1.54) is 12.1 Å². The van der Waals surface area contributed by atoms with Crippen molar-refractivity contribution in [1.29, 1.82) is 5.26 Å². The molecule has 0 bridgehead atoms. The number of rotatable bonds is 5. The molecule has 170 valence electrons. The lowest BCUT2D eigenvalue weighted by molar-refractivity contribution is -0.147. The van der Waals surface area contributed by atoms with Gasteiger partial charge in [-0.1, -0.05) is 12.1 Å². The Kier molecular flexibility index (Phi) is 6.47. The van der Waals surface area contributed by atoms with Crippen molar-refractivity contribution in [2.45, 2.75) is 31.7 Å². The Morgan fingerprint density at radius 2 is 2.06 bits per heavy atom. The first kappa shape index (κ1) is 22.6. The first-order valence-electron chi connectivity index (χ1n) is 10.4. The van der Waals surface area contributed by atoms with Gasteiger partial charge in [-0.25, -0.2) is 9.78 Å². The molecule has 1 aromatic carbocycles.